The second-order valence-corrected chi connectivity index (χ2v) is 6.51. The normalized spacial score (nSPS) is 14.2. The van der Waals surface area contributed by atoms with E-state index in [2.05, 4.69) is 4.98 Å². The molecule has 0 spiro atoms. The van der Waals surface area contributed by atoms with Crippen molar-refractivity contribution in [2.24, 2.45) is 0 Å². The Bertz CT molecular complexity index is 1040. The summed E-state index contributed by atoms with van der Waals surface area (Å²) in [4.78, 5) is 20.3. The van der Waals surface area contributed by atoms with Crippen molar-refractivity contribution < 1.29 is 18.0 Å². The summed E-state index contributed by atoms with van der Waals surface area (Å²) in [7, 11) is 0. The zero-order valence-corrected chi connectivity index (χ0v) is 15.2. The fourth-order valence-corrected chi connectivity index (χ4v) is 3.13. The van der Waals surface area contributed by atoms with E-state index < -0.39 is 5.82 Å². The molecule has 1 amide bonds. The van der Waals surface area contributed by atoms with Crippen LogP contribution in [0, 0.1) is 24.1 Å². The molecule has 0 unspecified atom stereocenters. The first-order valence-corrected chi connectivity index (χ1v) is 8.82. The highest BCUT2D eigenvalue weighted by atomic mass is 19.1. The van der Waals surface area contributed by atoms with Crippen LogP contribution >= 0.6 is 0 Å². The minimum Gasteiger partial charge on any atom is -0.459 e. The van der Waals surface area contributed by atoms with Crippen LogP contribution in [0.25, 0.3) is 11.7 Å². The zero-order chi connectivity index (χ0) is 19.7. The van der Waals surface area contributed by atoms with Gasteiger partial charge in [0.25, 0.3) is 11.8 Å². The summed E-state index contributed by atoms with van der Waals surface area (Å²) >= 11 is 0. The molecule has 2 aromatic heterocycles. The van der Waals surface area contributed by atoms with Crippen molar-refractivity contribution >= 4 is 11.8 Å². The number of carbonyl (C=O) groups excluding carboxylic acids is 1. The van der Waals surface area contributed by atoms with Crippen LogP contribution in [-0.4, -0.2) is 42.0 Å². The smallest absolute Gasteiger partial charge is 0.266 e. The number of furan rings is 1. The van der Waals surface area contributed by atoms with Gasteiger partial charge in [-0.25, -0.2) is 4.39 Å². The predicted molar refractivity (Wildman–Crippen MR) is 98.2 cm³/mol. The molecule has 1 saturated heterocycles. The third-order valence-corrected chi connectivity index (χ3v) is 4.72. The number of aryl methyl sites for hydroxylation is 1. The molecule has 0 aliphatic carbocycles. The molecule has 142 valence electrons. The number of amides is 1. The Morgan fingerprint density at radius 2 is 2.04 bits per heavy atom. The van der Waals surface area contributed by atoms with E-state index in [1.165, 1.54) is 12.3 Å². The number of oxazole rings is 1. The van der Waals surface area contributed by atoms with Crippen molar-refractivity contribution in [2.45, 2.75) is 6.92 Å². The number of rotatable bonds is 3. The van der Waals surface area contributed by atoms with Gasteiger partial charge in [-0.2, -0.15) is 10.2 Å². The topological polar surface area (TPSA) is 86.5 Å². The minimum absolute atomic E-state index is 0.173. The summed E-state index contributed by atoms with van der Waals surface area (Å²) < 4.78 is 24.8. The summed E-state index contributed by atoms with van der Waals surface area (Å²) in [6, 6.07) is 9.95. The Hall–Kier alpha value is -3.60. The van der Waals surface area contributed by atoms with Gasteiger partial charge in [0, 0.05) is 31.7 Å². The maximum Gasteiger partial charge on any atom is 0.266 e. The van der Waals surface area contributed by atoms with Gasteiger partial charge in [-0.05, 0) is 36.8 Å². The van der Waals surface area contributed by atoms with E-state index in [4.69, 9.17) is 8.83 Å². The van der Waals surface area contributed by atoms with Gasteiger partial charge in [-0.15, -0.1) is 0 Å². The molecule has 1 aliphatic heterocycles. The van der Waals surface area contributed by atoms with Crippen LogP contribution in [0.2, 0.25) is 0 Å². The summed E-state index contributed by atoms with van der Waals surface area (Å²) in [6.45, 7) is 3.46. The molecule has 0 saturated carbocycles. The van der Waals surface area contributed by atoms with Crippen LogP contribution in [0.15, 0.2) is 45.4 Å². The third kappa shape index (κ3) is 3.22. The second-order valence-electron chi connectivity index (χ2n) is 6.51. The molecule has 8 heteroatoms. The molecule has 3 aromatic rings. The number of hydrogen-bond donors (Lipinski definition) is 0. The quantitative estimate of drug-likeness (QED) is 0.693. The van der Waals surface area contributed by atoms with Crippen LogP contribution in [0.4, 0.5) is 10.3 Å². The summed E-state index contributed by atoms with van der Waals surface area (Å²) in [6.07, 6.45) is 1.50. The average Bonchev–Trinajstić information content (AvgIpc) is 3.39. The number of nitrogens with zero attached hydrogens (tertiary/aromatic N) is 4. The molecule has 4 rings (SSSR count). The lowest BCUT2D eigenvalue weighted by molar-refractivity contribution is 0.0745. The number of piperazine rings is 1. The van der Waals surface area contributed by atoms with Gasteiger partial charge in [0.15, 0.2) is 5.76 Å². The lowest BCUT2D eigenvalue weighted by Gasteiger charge is -2.34. The van der Waals surface area contributed by atoms with Gasteiger partial charge in [0.2, 0.25) is 11.6 Å². The van der Waals surface area contributed by atoms with E-state index in [-0.39, 0.29) is 17.5 Å². The molecule has 1 aliphatic rings. The Balaban J connectivity index is 1.48. The average molecular weight is 380 g/mol. The Kier molecular flexibility index (Phi) is 4.57. The van der Waals surface area contributed by atoms with Gasteiger partial charge in [0.1, 0.15) is 11.9 Å². The van der Waals surface area contributed by atoms with Crippen molar-refractivity contribution in [1.29, 1.82) is 5.26 Å². The van der Waals surface area contributed by atoms with Gasteiger partial charge < -0.3 is 18.6 Å². The molecule has 0 N–H and O–H groups in total. The number of nitriles is 1. The maximum atomic E-state index is 13.8. The van der Waals surface area contributed by atoms with E-state index in [1.807, 2.05) is 11.0 Å². The van der Waals surface area contributed by atoms with E-state index in [0.717, 1.165) is 0 Å². The number of carbonyl (C=O) groups is 1. The molecule has 7 nitrogen and oxygen atoms in total. The minimum atomic E-state index is -0.393. The van der Waals surface area contributed by atoms with E-state index >= 15 is 0 Å². The fraction of sp³-hybridized carbons (Fsp3) is 0.250. The number of halogens is 1. The van der Waals surface area contributed by atoms with E-state index in [0.29, 0.717) is 49.0 Å². The monoisotopic (exact) mass is 380 g/mol. The van der Waals surface area contributed by atoms with Crippen molar-refractivity contribution in [1.82, 2.24) is 9.88 Å². The van der Waals surface area contributed by atoms with E-state index in [9.17, 15) is 14.4 Å². The lowest BCUT2D eigenvalue weighted by atomic mass is 10.1. The van der Waals surface area contributed by atoms with Crippen molar-refractivity contribution in [3.05, 3.63) is 59.2 Å². The van der Waals surface area contributed by atoms with Crippen LogP contribution in [0.3, 0.4) is 0 Å². The fourth-order valence-electron chi connectivity index (χ4n) is 3.13. The number of aromatic nitrogens is 1. The zero-order valence-electron chi connectivity index (χ0n) is 15.2. The molecule has 28 heavy (non-hydrogen) atoms. The number of anilines is 1. The summed E-state index contributed by atoms with van der Waals surface area (Å²) in [5.74, 6) is 0.439. The predicted octanol–water partition coefficient (Wildman–Crippen LogP) is 3.22. The molecule has 1 aromatic carbocycles. The van der Waals surface area contributed by atoms with Gasteiger partial charge in [-0.1, -0.05) is 6.07 Å². The summed E-state index contributed by atoms with van der Waals surface area (Å²) in [5.41, 5.74) is 1.00. The standard InChI is InChI=1S/C20H17FN4O3/c1-13-4-5-14(11-15(13)21)19(26)24-6-8-25(9-7-24)20-16(12-22)23-18(28-20)17-3-2-10-27-17/h2-5,10-11H,6-9H2,1H3. The molecule has 0 radical (unpaired) electrons. The van der Waals surface area contributed by atoms with Crippen LogP contribution < -0.4 is 4.90 Å². The SMILES string of the molecule is Cc1ccc(C(=O)N2CCN(c3oc(-c4ccco4)nc3C#N)CC2)cc1F. The van der Waals surface area contributed by atoms with Crippen molar-refractivity contribution in [3.63, 3.8) is 0 Å². The lowest BCUT2D eigenvalue weighted by Crippen LogP contribution is -2.49. The Labute approximate surface area is 160 Å². The first-order valence-electron chi connectivity index (χ1n) is 8.82. The Morgan fingerprint density at radius 3 is 2.68 bits per heavy atom. The van der Waals surface area contributed by atoms with Gasteiger partial charge >= 0.3 is 0 Å². The van der Waals surface area contributed by atoms with E-state index in [1.54, 1.807) is 36.1 Å². The van der Waals surface area contributed by atoms with Crippen LogP contribution in [0.1, 0.15) is 21.6 Å². The van der Waals surface area contributed by atoms with Crippen molar-refractivity contribution in [3.8, 4) is 17.7 Å². The second kappa shape index (κ2) is 7.19. The maximum absolute atomic E-state index is 13.8. The van der Waals surface area contributed by atoms with Crippen LogP contribution in [-0.2, 0) is 0 Å². The first-order chi connectivity index (χ1) is 13.6. The van der Waals surface area contributed by atoms with Gasteiger partial charge in [-0.3, -0.25) is 4.79 Å². The van der Waals surface area contributed by atoms with Crippen LogP contribution in [0.5, 0.6) is 0 Å². The molecule has 3 heterocycles. The van der Waals surface area contributed by atoms with Crippen molar-refractivity contribution in [2.75, 3.05) is 31.1 Å². The summed E-state index contributed by atoms with van der Waals surface area (Å²) in [5, 5.41) is 9.37. The molecule has 0 bridgehead atoms. The first kappa shape index (κ1) is 17.8. The molecular weight excluding hydrogens is 363 g/mol. The third-order valence-electron chi connectivity index (χ3n) is 4.72. The number of hydrogen-bond acceptors (Lipinski definition) is 6. The highest BCUT2D eigenvalue weighted by molar-refractivity contribution is 5.94. The highest BCUT2D eigenvalue weighted by Crippen LogP contribution is 2.29. The highest BCUT2D eigenvalue weighted by Gasteiger charge is 2.27. The Morgan fingerprint density at radius 1 is 1.25 bits per heavy atom. The molecule has 1 fully saturated rings. The molecule has 0 atom stereocenters. The largest absolute Gasteiger partial charge is 0.459 e. The van der Waals surface area contributed by atoms with Gasteiger partial charge in [0.05, 0.1) is 6.26 Å². The number of benzene rings is 1. The molecular formula is C20H17FN4O3.